The monoisotopic (exact) mass is 319 g/mol. The first-order valence-electron chi connectivity index (χ1n) is 7.12. The van der Waals surface area contributed by atoms with Crippen LogP contribution in [0.2, 0.25) is 0 Å². The lowest BCUT2D eigenvalue weighted by Crippen LogP contribution is -2.44. The van der Waals surface area contributed by atoms with Gasteiger partial charge in [0.2, 0.25) is 11.8 Å². The zero-order chi connectivity index (χ0) is 13.2. The van der Waals surface area contributed by atoms with Gasteiger partial charge in [0.15, 0.2) is 0 Å². The molecule has 2 N–H and O–H groups in total. The quantitative estimate of drug-likeness (QED) is 0.786. The third-order valence-corrected chi connectivity index (χ3v) is 5.07. The molecule has 0 aromatic carbocycles. The molecule has 0 aromatic rings. The van der Waals surface area contributed by atoms with Crippen molar-refractivity contribution in [2.45, 2.75) is 43.8 Å². The molecule has 0 radical (unpaired) electrons. The molecule has 2 amide bonds. The molecule has 1 saturated carbocycles. The second kappa shape index (κ2) is 7.00. The molecule has 5 nitrogen and oxygen atoms in total. The maximum absolute atomic E-state index is 12.0. The van der Waals surface area contributed by atoms with E-state index in [0.717, 1.165) is 30.9 Å². The van der Waals surface area contributed by atoms with Crippen LogP contribution in [0.4, 0.5) is 0 Å². The number of carbonyl (C=O) groups excluding carboxylic acids is 2. The Bertz CT molecular complexity index is 373. The third-order valence-electron chi connectivity index (χ3n) is 3.94. The minimum Gasteiger partial charge on any atom is -0.351 e. The zero-order valence-electron chi connectivity index (χ0n) is 11.5. The highest BCUT2D eigenvalue weighted by molar-refractivity contribution is 7.99. The first kappa shape index (κ1) is 15.9. The van der Waals surface area contributed by atoms with Crippen LogP contribution in [0.15, 0.2) is 0 Å². The van der Waals surface area contributed by atoms with E-state index in [9.17, 15) is 9.59 Å². The molecular weight excluding hydrogens is 298 g/mol. The van der Waals surface area contributed by atoms with Crippen LogP contribution >= 0.6 is 24.2 Å². The Labute approximate surface area is 130 Å². The van der Waals surface area contributed by atoms with Gasteiger partial charge in [-0.05, 0) is 12.8 Å². The number of amides is 2. The second-order valence-corrected chi connectivity index (χ2v) is 6.83. The van der Waals surface area contributed by atoms with Gasteiger partial charge >= 0.3 is 0 Å². The summed E-state index contributed by atoms with van der Waals surface area (Å²) in [5, 5.41) is 6.38. The maximum atomic E-state index is 12.0. The van der Waals surface area contributed by atoms with Crippen LogP contribution in [-0.4, -0.2) is 59.4 Å². The summed E-state index contributed by atoms with van der Waals surface area (Å²) in [6, 6.07) is 0.776. The normalized spacial score (nSPS) is 30.0. The van der Waals surface area contributed by atoms with Gasteiger partial charge in [-0.25, -0.2) is 0 Å². The van der Waals surface area contributed by atoms with E-state index in [1.165, 1.54) is 0 Å². The molecule has 2 aliphatic heterocycles. The number of nitrogens with zero attached hydrogens (tertiary/aromatic N) is 1. The molecule has 20 heavy (non-hydrogen) atoms. The lowest BCUT2D eigenvalue weighted by Gasteiger charge is -2.23. The van der Waals surface area contributed by atoms with E-state index in [-0.39, 0.29) is 36.3 Å². The Kier molecular flexibility index (Phi) is 5.57. The number of likely N-dealkylation sites (tertiary alicyclic amines) is 1. The third kappa shape index (κ3) is 4.02. The molecule has 0 spiro atoms. The molecule has 114 valence electrons. The molecular formula is C13H22ClN3O2S. The Morgan fingerprint density at radius 3 is 2.90 bits per heavy atom. The van der Waals surface area contributed by atoms with Crippen molar-refractivity contribution in [3.8, 4) is 0 Å². The molecule has 2 unspecified atom stereocenters. The average molecular weight is 320 g/mol. The fourth-order valence-electron chi connectivity index (χ4n) is 2.83. The van der Waals surface area contributed by atoms with Crippen molar-refractivity contribution in [2.75, 3.05) is 24.6 Å². The number of rotatable bonds is 4. The van der Waals surface area contributed by atoms with Gasteiger partial charge in [-0.2, -0.15) is 11.8 Å². The smallest absolute Gasteiger partial charge is 0.225 e. The van der Waals surface area contributed by atoms with Crippen molar-refractivity contribution < 1.29 is 9.59 Å². The van der Waals surface area contributed by atoms with Crippen LogP contribution in [0.1, 0.15) is 25.7 Å². The van der Waals surface area contributed by atoms with Crippen LogP contribution in [0.5, 0.6) is 0 Å². The zero-order valence-corrected chi connectivity index (χ0v) is 13.1. The average Bonchev–Trinajstić information content (AvgIpc) is 3.15. The molecule has 3 aliphatic rings. The van der Waals surface area contributed by atoms with E-state index in [2.05, 4.69) is 10.6 Å². The minimum absolute atomic E-state index is 0. The molecule has 1 aliphatic carbocycles. The van der Waals surface area contributed by atoms with Gasteiger partial charge in [0.25, 0.3) is 0 Å². The number of halogens is 1. The Balaban J connectivity index is 0.00000147. The van der Waals surface area contributed by atoms with Gasteiger partial charge in [0.1, 0.15) is 0 Å². The number of hydrogen-bond donors (Lipinski definition) is 2. The van der Waals surface area contributed by atoms with Crippen molar-refractivity contribution in [3.05, 3.63) is 0 Å². The summed E-state index contributed by atoms with van der Waals surface area (Å²) in [6.45, 7) is 1.70. The highest BCUT2D eigenvalue weighted by atomic mass is 35.5. The fraction of sp³-hybridized carbons (Fsp3) is 0.846. The standard InChI is InChI=1S/C13H21N3O2S.ClH/c17-12(5-10-8-19-4-3-14-10)15-9-6-13(18)16(7-9)11-1-2-11;/h9-11,14H,1-8H2,(H,15,17);1H. The van der Waals surface area contributed by atoms with Crippen molar-refractivity contribution in [1.29, 1.82) is 0 Å². The van der Waals surface area contributed by atoms with E-state index in [0.29, 0.717) is 25.4 Å². The Hall–Kier alpha value is -0.460. The molecule has 2 saturated heterocycles. The lowest BCUT2D eigenvalue weighted by atomic mass is 10.2. The molecule has 0 aromatic heterocycles. The maximum Gasteiger partial charge on any atom is 0.225 e. The van der Waals surface area contributed by atoms with Crippen LogP contribution < -0.4 is 10.6 Å². The summed E-state index contributed by atoms with van der Waals surface area (Å²) in [4.78, 5) is 25.7. The van der Waals surface area contributed by atoms with Crippen molar-refractivity contribution in [2.24, 2.45) is 0 Å². The minimum atomic E-state index is 0. The van der Waals surface area contributed by atoms with Gasteiger partial charge in [-0.3, -0.25) is 9.59 Å². The van der Waals surface area contributed by atoms with Crippen molar-refractivity contribution in [1.82, 2.24) is 15.5 Å². The summed E-state index contributed by atoms with van der Waals surface area (Å²) in [5.41, 5.74) is 0. The summed E-state index contributed by atoms with van der Waals surface area (Å²) < 4.78 is 0. The van der Waals surface area contributed by atoms with Crippen LogP contribution in [-0.2, 0) is 9.59 Å². The summed E-state index contributed by atoms with van der Waals surface area (Å²) in [7, 11) is 0. The van der Waals surface area contributed by atoms with E-state index in [4.69, 9.17) is 0 Å². The number of nitrogens with one attached hydrogen (secondary N) is 2. The van der Waals surface area contributed by atoms with E-state index < -0.39 is 0 Å². The van der Waals surface area contributed by atoms with Crippen LogP contribution in [0, 0.1) is 0 Å². The predicted molar refractivity (Wildman–Crippen MR) is 82.3 cm³/mol. The van der Waals surface area contributed by atoms with Gasteiger partial charge in [0, 0.05) is 49.5 Å². The summed E-state index contributed by atoms with van der Waals surface area (Å²) in [5.74, 6) is 2.42. The van der Waals surface area contributed by atoms with Crippen molar-refractivity contribution in [3.63, 3.8) is 0 Å². The van der Waals surface area contributed by atoms with Gasteiger partial charge in [0.05, 0.1) is 6.04 Å². The molecule has 3 rings (SSSR count). The Morgan fingerprint density at radius 2 is 2.25 bits per heavy atom. The highest BCUT2D eigenvalue weighted by Crippen LogP contribution is 2.30. The number of hydrogen-bond acceptors (Lipinski definition) is 4. The van der Waals surface area contributed by atoms with Crippen molar-refractivity contribution >= 4 is 36.0 Å². The molecule has 7 heteroatoms. The van der Waals surface area contributed by atoms with Gasteiger partial charge in [-0.15, -0.1) is 12.4 Å². The van der Waals surface area contributed by atoms with Crippen LogP contribution in [0.3, 0.4) is 0 Å². The molecule has 0 bridgehead atoms. The largest absolute Gasteiger partial charge is 0.351 e. The van der Waals surface area contributed by atoms with E-state index in [1.807, 2.05) is 16.7 Å². The first-order valence-corrected chi connectivity index (χ1v) is 8.28. The molecule has 2 atom stereocenters. The van der Waals surface area contributed by atoms with Crippen LogP contribution in [0.25, 0.3) is 0 Å². The first-order chi connectivity index (χ1) is 9.22. The molecule has 2 heterocycles. The summed E-state index contributed by atoms with van der Waals surface area (Å²) in [6.07, 6.45) is 3.28. The lowest BCUT2D eigenvalue weighted by molar-refractivity contribution is -0.128. The van der Waals surface area contributed by atoms with Gasteiger partial charge < -0.3 is 15.5 Å². The topological polar surface area (TPSA) is 61.4 Å². The van der Waals surface area contributed by atoms with E-state index >= 15 is 0 Å². The number of carbonyl (C=O) groups is 2. The second-order valence-electron chi connectivity index (χ2n) is 5.68. The fourth-order valence-corrected chi connectivity index (χ4v) is 3.78. The van der Waals surface area contributed by atoms with Gasteiger partial charge in [-0.1, -0.05) is 0 Å². The number of thioether (sulfide) groups is 1. The molecule has 3 fully saturated rings. The highest BCUT2D eigenvalue weighted by Gasteiger charge is 2.39. The van der Waals surface area contributed by atoms with E-state index in [1.54, 1.807) is 0 Å². The summed E-state index contributed by atoms with van der Waals surface area (Å²) >= 11 is 1.90. The SMILES string of the molecule is Cl.O=C(CC1CSCCN1)NC1CC(=O)N(C2CC2)C1. The Morgan fingerprint density at radius 1 is 1.45 bits per heavy atom. The predicted octanol–water partition coefficient (Wildman–Crippen LogP) is 0.383.